The molecule has 0 unspecified atom stereocenters. The van der Waals surface area contributed by atoms with Gasteiger partial charge in [0.15, 0.2) is 0 Å². The van der Waals surface area contributed by atoms with E-state index in [-0.39, 0.29) is 5.63 Å². The van der Waals surface area contributed by atoms with Crippen molar-refractivity contribution in [1.82, 2.24) is 0 Å². The van der Waals surface area contributed by atoms with Crippen LogP contribution in [0.2, 0.25) is 0 Å². The van der Waals surface area contributed by atoms with E-state index in [1.807, 2.05) is 43.3 Å². The number of hydrogen-bond acceptors (Lipinski definition) is 2. The zero-order valence-electron chi connectivity index (χ0n) is 8.78. The second kappa shape index (κ2) is 3.73. The van der Waals surface area contributed by atoms with Gasteiger partial charge in [0.25, 0.3) is 0 Å². The fourth-order valence-electron chi connectivity index (χ4n) is 1.72. The Morgan fingerprint density at radius 1 is 1.07 bits per heavy atom. The van der Waals surface area contributed by atoms with Gasteiger partial charge in [-0.25, -0.2) is 4.79 Å². The first-order valence-corrected chi connectivity index (χ1v) is 4.85. The predicted octanol–water partition coefficient (Wildman–Crippen LogP) is 2.92. The minimum atomic E-state index is -0.265. The molecule has 0 fully saturated rings. The molecule has 1 aromatic heterocycles. The molecule has 2 rings (SSSR count). The summed E-state index contributed by atoms with van der Waals surface area (Å²) in [6.45, 7) is 3.70. The van der Waals surface area contributed by atoms with Crippen molar-refractivity contribution in [3.8, 4) is 11.1 Å². The van der Waals surface area contributed by atoms with Crippen molar-refractivity contribution >= 4 is 0 Å². The molecule has 15 heavy (non-hydrogen) atoms. The Balaban J connectivity index is 2.69. The third-order valence-electron chi connectivity index (χ3n) is 2.33. The lowest BCUT2D eigenvalue weighted by atomic mass is 10.0. The fraction of sp³-hybridized carbons (Fsp3) is 0.154. The molecule has 0 saturated heterocycles. The van der Waals surface area contributed by atoms with Crippen molar-refractivity contribution in [2.24, 2.45) is 0 Å². The Bertz CT molecular complexity index is 524. The minimum absolute atomic E-state index is 0.265. The van der Waals surface area contributed by atoms with Crippen LogP contribution in [0, 0.1) is 13.8 Å². The molecular formula is C13H12O2. The van der Waals surface area contributed by atoms with Crippen molar-refractivity contribution in [3.63, 3.8) is 0 Å². The molecule has 0 bridgehead atoms. The quantitative estimate of drug-likeness (QED) is 0.708. The molecule has 0 atom stereocenters. The van der Waals surface area contributed by atoms with E-state index < -0.39 is 0 Å². The largest absolute Gasteiger partial charge is 0.428 e. The Kier molecular flexibility index (Phi) is 2.42. The van der Waals surface area contributed by atoms with Crippen LogP contribution in [0.3, 0.4) is 0 Å². The lowest BCUT2D eigenvalue weighted by molar-refractivity contribution is 0.481. The van der Waals surface area contributed by atoms with Crippen LogP contribution in [-0.2, 0) is 0 Å². The molecule has 2 heteroatoms. The molecule has 0 amide bonds. The van der Waals surface area contributed by atoms with E-state index in [2.05, 4.69) is 0 Å². The van der Waals surface area contributed by atoms with Gasteiger partial charge in [0, 0.05) is 0 Å². The van der Waals surface area contributed by atoms with Crippen molar-refractivity contribution in [3.05, 3.63) is 58.1 Å². The monoisotopic (exact) mass is 200 g/mol. The average Bonchev–Trinajstić information content (AvgIpc) is 2.17. The normalized spacial score (nSPS) is 10.3. The summed E-state index contributed by atoms with van der Waals surface area (Å²) in [7, 11) is 0. The fourth-order valence-corrected chi connectivity index (χ4v) is 1.72. The van der Waals surface area contributed by atoms with Gasteiger partial charge < -0.3 is 4.42 Å². The second-order valence-corrected chi connectivity index (χ2v) is 3.57. The summed E-state index contributed by atoms with van der Waals surface area (Å²) in [6.07, 6.45) is 0. The van der Waals surface area contributed by atoms with Crippen LogP contribution in [-0.4, -0.2) is 0 Å². The molecule has 2 aromatic rings. The number of aryl methyl sites for hydroxylation is 2. The maximum absolute atomic E-state index is 11.7. The molecule has 0 aliphatic rings. The van der Waals surface area contributed by atoms with E-state index in [1.54, 1.807) is 6.92 Å². The summed E-state index contributed by atoms with van der Waals surface area (Å²) in [5.74, 6) is 0.650. The summed E-state index contributed by atoms with van der Waals surface area (Å²) in [6, 6.07) is 11.4. The van der Waals surface area contributed by atoms with E-state index >= 15 is 0 Å². The van der Waals surface area contributed by atoms with Gasteiger partial charge in [0.05, 0.1) is 5.56 Å². The molecule has 0 aliphatic heterocycles. The van der Waals surface area contributed by atoms with Crippen molar-refractivity contribution in [2.75, 3.05) is 0 Å². The van der Waals surface area contributed by atoms with Crippen LogP contribution in [0.5, 0.6) is 0 Å². The Hall–Kier alpha value is -1.83. The Morgan fingerprint density at radius 3 is 2.33 bits per heavy atom. The van der Waals surface area contributed by atoms with Crippen LogP contribution in [0.4, 0.5) is 0 Å². The van der Waals surface area contributed by atoms with Crippen molar-refractivity contribution < 1.29 is 4.42 Å². The molecule has 0 spiro atoms. The average molecular weight is 200 g/mol. The van der Waals surface area contributed by atoms with E-state index in [1.165, 1.54) is 0 Å². The van der Waals surface area contributed by atoms with Gasteiger partial charge >= 0.3 is 5.63 Å². The summed E-state index contributed by atoms with van der Waals surface area (Å²) in [4.78, 5) is 11.7. The van der Waals surface area contributed by atoms with E-state index in [0.29, 0.717) is 11.3 Å². The molecule has 1 heterocycles. The molecular weight excluding hydrogens is 188 g/mol. The maximum Gasteiger partial charge on any atom is 0.344 e. The highest BCUT2D eigenvalue weighted by atomic mass is 16.4. The van der Waals surface area contributed by atoms with Crippen LogP contribution in [0.15, 0.2) is 45.6 Å². The lowest BCUT2D eigenvalue weighted by Gasteiger charge is -2.04. The summed E-state index contributed by atoms with van der Waals surface area (Å²) in [5, 5.41) is 0. The third kappa shape index (κ3) is 1.84. The van der Waals surface area contributed by atoms with E-state index in [9.17, 15) is 4.79 Å². The molecule has 76 valence electrons. The van der Waals surface area contributed by atoms with Gasteiger partial charge in [-0.3, -0.25) is 0 Å². The summed E-state index contributed by atoms with van der Waals surface area (Å²) < 4.78 is 5.09. The van der Waals surface area contributed by atoms with Gasteiger partial charge in [-0.05, 0) is 31.0 Å². The highest BCUT2D eigenvalue weighted by Crippen LogP contribution is 2.19. The first-order chi connectivity index (χ1) is 7.18. The van der Waals surface area contributed by atoms with Gasteiger partial charge in [-0.15, -0.1) is 0 Å². The first-order valence-electron chi connectivity index (χ1n) is 4.85. The zero-order valence-corrected chi connectivity index (χ0v) is 8.78. The first kappa shape index (κ1) is 9.71. The smallest absolute Gasteiger partial charge is 0.344 e. The molecule has 2 nitrogen and oxygen atoms in total. The zero-order chi connectivity index (χ0) is 10.8. The molecule has 0 N–H and O–H groups in total. The van der Waals surface area contributed by atoms with Gasteiger partial charge in [0.1, 0.15) is 5.76 Å². The maximum atomic E-state index is 11.7. The number of rotatable bonds is 1. The van der Waals surface area contributed by atoms with Gasteiger partial charge in [-0.1, -0.05) is 30.3 Å². The van der Waals surface area contributed by atoms with Crippen LogP contribution < -0.4 is 5.63 Å². The number of hydrogen-bond donors (Lipinski definition) is 0. The molecule has 0 radical (unpaired) electrons. The third-order valence-corrected chi connectivity index (χ3v) is 2.33. The minimum Gasteiger partial charge on any atom is -0.428 e. The SMILES string of the molecule is Cc1cc(C)c(-c2ccccc2)c(=O)o1. The second-order valence-electron chi connectivity index (χ2n) is 3.57. The predicted molar refractivity (Wildman–Crippen MR) is 59.9 cm³/mol. The lowest BCUT2D eigenvalue weighted by Crippen LogP contribution is -2.05. The van der Waals surface area contributed by atoms with E-state index in [4.69, 9.17) is 4.42 Å². The van der Waals surface area contributed by atoms with E-state index in [0.717, 1.165) is 11.1 Å². The molecule has 1 aromatic carbocycles. The topological polar surface area (TPSA) is 30.2 Å². The summed E-state index contributed by atoms with van der Waals surface area (Å²) in [5.41, 5.74) is 2.25. The van der Waals surface area contributed by atoms with Crippen molar-refractivity contribution in [2.45, 2.75) is 13.8 Å². The molecule has 0 saturated carbocycles. The Morgan fingerprint density at radius 2 is 1.73 bits per heavy atom. The number of benzene rings is 1. The Labute approximate surface area is 88.2 Å². The van der Waals surface area contributed by atoms with Crippen LogP contribution >= 0.6 is 0 Å². The highest BCUT2D eigenvalue weighted by molar-refractivity contribution is 5.65. The van der Waals surface area contributed by atoms with Gasteiger partial charge in [-0.2, -0.15) is 0 Å². The van der Waals surface area contributed by atoms with Crippen molar-refractivity contribution in [1.29, 1.82) is 0 Å². The summed E-state index contributed by atoms with van der Waals surface area (Å²) >= 11 is 0. The van der Waals surface area contributed by atoms with Crippen LogP contribution in [0.1, 0.15) is 11.3 Å². The molecule has 0 aliphatic carbocycles. The highest BCUT2D eigenvalue weighted by Gasteiger charge is 2.08. The van der Waals surface area contributed by atoms with Gasteiger partial charge in [0.2, 0.25) is 0 Å². The standard InChI is InChI=1S/C13H12O2/c1-9-8-10(2)15-13(14)12(9)11-6-4-3-5-7-11/h3-8H,1-2H3. The van der Waals surface area contributed by atoms with Crippen LogP contribution in [0.25, 0.3) is 11.1 Å².